The highest BCUT2D eigenvalue weighted by Crippen LogP contribution is 2.31. The number of nitrogens with zero attached hydrogens (tertiary/aromatic N) is 3. The molecule has 5 rings (SSSR count). The molecule has 0 spiro atoms. The summed E-state index contributed by atoms with van der Waals surface area (Å²) in [6.45, 7) is 5.55. The molecule has 0 unspecified atom stereocenters. The summed E-state index contributed by atoms with van der Waals surface area (Å²) < 4.78 is 0. The summed E-state index contributed by atoms with van der Waals surface area (Å²) in [6.07, 6.45) is 4.79. The SMILES string of the molecule is CN(C)c1ccc2c(c1)CCC(CN1CCN(C(c3ccccc3)c3ccccc3)CC1)=C2.Cl. The van der Waals surface area contributed by atoms with Gasteiger partial charge in [-0.1, -0.05) is 78.4 Å². The van der Waals surface area contributed by atoms with E-state index in [2.05, 4.69) is 114 Å². The van der Waals surface area contributed by atoms with Crippen LogP contribution in [-0.2, 0) is 6.42 Å². The highest BCUT2D eigenvalue weighted by atomic mass is 35.5. The van der Waals surface area contributed by atoms with E-state index in [0.717, 1.165) is 39.1 Å². The Kier molecular flexibility index (Phi) is 8.10. The van der Waals surface area contributed by atoms with Gasteiger partial charge in [-0.2, -0.15) is 0 Å². The van der Waals surface area contributed by atoms with E-state index in [-0.39, 0.29) is 12.4 Å². The van der Waals surface area contributed by atoms with Crippen molar-refractivity contribution in [1.82, 2.24) is 9.80 Å². The minimum atomic E-state index is 0. The van der Waals surface area contributed by atoms with E-state index in [9.17, 15) is 0 Å². The number of aryl methyl sites for hydroxylation is 1. The number of hydrogen-bond acceptors (Lipinski definition) is 3. The summed E-state index contributed by atoms with van der Waals surface area (Å²) in [7, 11) is 4.23. The Morgan fingerprint density at radius 2 is 1.38 bits per heavy atom. The number of piperazine rings is 1. The number of rotatable bonds is 6. The third-order valence-corrected chi connectivity index (χ3v) is 7.15. The topological polar surface area (TPSA) is 9.72 Å². The van der Waals surface area contributed by atoms with Gasteiger partial charge in [0.05, 0.1) is 6.04 Å². The molecule has 34 heavy (non-hydrogen) atoms. The van der Waals surface area contributed by atoms with Crippen LogP contribution < -0.4 is 4.90 Å². The summed E-state index contributed by atoms with van der Waals surface area (Å²) in [5.74, 6) is 0. The van der Waals surface area contributed by atoms with E-state index in [1.54, 1.807) is 5.57 Å². The third-order valence-electron chi connectivity index (χ3n) is 7.15. The number of benzene rings is 3. The Bertz CT molecular complexity index is 1050. The fourth-order valence-corrected chi connectivity index (χ4v) is 5.29. The number of halogens is 1. The molecule has 0 radical (unpaired) electrons. The first-order valence-corrected chi connectivity index (χ1v) is 12.2. The molecule has 3 aromatic rings. The zero-order chi connectivity index (χ0) is 22.6. The van der Waals surface area contributed by atoms with Gasteiger partial charge in [0.15, 0.2) is 0 Å². The van der Waals surface area contributed by atoms with Gasteiger partial charge in [0, 0.05) is 52.5 Å². The fourth-order valence-electron chi connectivity index (χ4n) is 5.29. The monoisotopic (exact) mass is 473 g/mol. The third kappa shape index (κ3) is 5.55. The maximum atomic E-state index is 2.66. The molecule has 3 aromatic carbocycles. The van der Waals surface area contributed by atoms with Crippen molar-refractivity contribution in [3.05, 3.63) is 107 Å². The summed E-state index contributed by atoms with van der Waals surface area (Å²) in [5, 5.41) is 0. The van der Waals surface area contributed by atoms with Gasteiger partial charge in [0.2, 0.25) is 0 Å². The molecule has 0 amide bonds. The molecule has 4 heteroatoms. The quantitative estimate of drug-likeness (QED) is 0.440. The molecule has 1 fully saturated rings. The van der Waals surface area contributed by atoms with E-state index in [1.807, 2.05) is 0 Å². The molecule has 1 aliphatic heterocycles. The largest absolute Gasteiger partial charge is 0.378 e. The maximum Gasteiger partial charge on any atom is 0.0602 e. The molecule has 1 saturated heterocycles. The fraction of sp³-hybridized carbons (Fsp3) is 0.333. The number of fused-ring (bicyclic) bond motifs is 1. The van der Waals surface area contributed by atoms with Crippen LogP contribution in [0.25, 0.3) is 6.08 Å². The van der Waals surface area contributed by atoms with Gasteiger partial charge in [0.25, 0.3) is 0 Å². The van der Waals surface area contributed by atoms with Crippen molar-refractivity contribution in [3.8, 4) is 0 Å². The van der Waals surface area contributed by atoms with Gasteiger partial charge < -0.3 is 4.90 Å². The Morgan fingerprint density at radius 1 is 0.765 bits per heavy atom. The van der Waals surface area contributed by atoms with Crippen LogP contribution in [0.15, 0.2) is 84.4 Å². The van der Waals surface area contributed by atoms with E-state index in [1.165, 1.54) is 34.4 Å². The second kappa shape index (κ2) is 11.2. The Balaban J connectivity index is 0.00000274. The summed E-state index contributed by atoms with van der Waals surface area (Å²) in [5.41, 5.74) is 8.56. The van der Waals surface area contributed by atoms with Crippen LogP contribution in [0.4, 0.5) is 5.69 Å². The summed E-state index contributed by atoms with van der Waals surface area (Å²) in [6, 6.07) is 29.2. The first kappa shape index (κ1) is 24.5. The predicted molar refractivity (Wildman–Crippen MR) is 147 cm³/mol. The minimum Gasteiger partial charge on any atom is -0.378 e. The molecule has 0 N–H and O–H groups in total. The number of hydrogen-bond donors (Lipinski definition) is 0. The first-order chi connectivity index (χ1) is 16.2. The van der Waals surface area contributed by atoms with E-state index >= 15 is 0 Å². The minimum absolute atomic E-state index is 0. The molecular weight excluding hydrogens is 438 g/mol. The molecular formula is C30H36ClN3. The van der Waals surface area contributed by atoms with Crippen LogP contribution in [-0.4, -0.2) is 56.6 Å². The number of anilines is 1. The second-order valence-corrected chi connectivity index (χ2v) is 9.62. The van der Waals surface area contributed by atoms with Crippen molar-refractivity contribution in [2.45, 2.75) is 18.9 Å². The molecule has 1 aliphatic carbocycles. The smallest absolute Gasteiger partial charge is 0.0602 e. The summed E-state index contributed by atoms with van der Waals surface area (Å²) >= 11 is 0. The van der Waals surface area contributed by atoms with Gasteiger partial charge >= 0.3 is 0 Å². The van der Waals surface area contributed by atoms with Crippen LogP contribution in [0.3, 0.4) is 0 Å². The van der Waals surface area contributed by atoms with Crippen LogP contribution in [0, 0.1) is 0 Å². The van der Waals surface area contributed by atoms with Crippen LogP contribution >= 0.6 is 12.4 Å². The van der Waals surface area contributed by atoms with Crippen molar-refractivity contribution < 1.29 is 0 Å². The molecule has 2 aliphatic rings. The summed E-state index contributed by atoms with van der Waals surface area (Å²) in [4.78, 5) is 7.50. The normalized spacial score (nSPS) is 16.5. The van der Waals surface area contributed by atoms with Gasteiger partial charge in [0.1, 0.15) is 0 Å². The predicted octanol–water partition coefficient (Wildman–Crippen LogP) is 5.91. The lowest BCUT2D eigenvalue weighted by atomic mass is 9.91. The average molecular weight is 474 g/mol. The Labute approximate surface area is 211 Å². The van der Waals surface area contributed by atoms with Crippen molar-refractivity contribution in [2.24, 2.45) is 0 Å². The lowest BCUT2D eigenvalue weighted by Crippen LogP contribution is -2.48. The molecule has 0 aromatic heterocycles. The van der Waals surface area contributed by atoms with Crippen molar-refractivity contribution in [2.75, 3.05) is 51.7 Å². The molecule has 3 nitrogen and oxygen atoms in total. The van der Waals surface area contributed by atoms with Crippen molar-refractivity contribution >= 4 is 24.2 Å². The van der Waals surface area contributed by atoms with Gasteiger partial charge in [-0.25, -0.2) is 0 Å². The Morgan fingerprint density at radius 3 is 1.97 bits per heavy atom. The highest BCUT2D eigenvalue weighted by Gasteiger charge is 2.26. The highest BCUT2D eigenvalue weighted by molar-refractivity contribution is 5.85. The second-order valence-electron chi connectivity index (χ2n) is 9.62. The average Bonchev–Trinajstić information content (AvgIpc) is 2.86. The molecule has 1 heterocycles. The molecule has 178 valence electrons. The van der Waals surface area contributed by atoms with Crippen LogP contribution in [0.1, 0.15) is 34.7 Å². The first-order valence-electron chi connectivity index (χ1n) is 12.2. The Hall–Kier alpha value is -2.59. The zero-order valence-corrected chi connectivity index (χ0v) is 21.2. The van der Waals surface area contributed by atoms with E-state index < -0.39 is 0 Å². The van der Waals surface area contributed by atoms with Gasteiger partial charge in [-0.3, -0.25) is 9.80 Å². The maximum absolute atomic E-state index is 2.66. The van der Waals surface area contributed by atoms with Crippen LogP contribution in [0.5, 0.6) is 0 Å². The van der Waals surface area contributed by atoms with Crippen molar-refractivity contribution in [3.63, 3.8) is 0 Å². The van der Waals surface area contributed by atoms with E-state index in [4.69, 9.17) is 0 Å². The lowest BCUT2D eigenvalue weighted by Gasteiger charge is -2.40. The van der Waals surface area contributed by atoms with Gasteiger partial charge in [-0.15, -0.1) is 12.4 Å². The molecule has 0 atom stereocenters. The molecule has 0 saturated carbocycles. The van der Waals surface area contributed by atoms with E-state index in [0.29, 0.717) is 6.04 Å². The van der Waals surface area contributed by atoms with Gasteiger partial charge in [-0.05, 0) is 47.2 Å². The van der Waals surface area contributed by atoms with Crippen molar-refractivity contribution in [1.29, 1.82) is 0 Å². The lowest BCUT2D eigenvalue weighted by molar-refractivity contribution is 0.115. The standard InChI is InChI=1S/C30H35N3.ClH/c1-31(2)29-16-15-27-21-24(13-14-28(27)22-29)23-32-17-19-33(20-18-32)30(25-9-5-3-6-10-25)26-11-7-4-8-12-26;/h3-12,15-16,21-22,30H,13-14,17-20,23H2,1-2H3;1H. The zero-order valence-electron chi connectivity index (χ0n) is 20.4. The van der Waals surface area contributed by atoms with Crippen LogP contribution in [0.2, 0.25) is 0 Å². The molecule has 0 bridgehead atoms.